The number of amides is 1. The first-order valence-electron chi connectivity index (χ1n) is 6.71. The highest BCUT2D eigenvalue weighted by Crippen LogP contribution is 2.36. The SMILES string of the molecule is NC(=O)c1ccc(N2CCCc3ccccc32)c(N)c1. The highest BCUT2D eigenvalue weighted by Gasteiger charge is 2.19. The van der Waals surface area contributed by atoms with Crippen LogP contribution in [-0.4, -0.2) is 12.5 Å². The second kappa shape index (κ2) is 4.89. The molecule has 0 aromatic heterocycles. The molecule has 0 saturated heterocycles. The van der Waals surface area contributed by atoms with Gasteiger partial charge in [-0.2, -0.15) is 0 Å². The molecule has 1 aliphatic heterocycles. The molecule has 0 bridgehead atoms. The fraction of sp³-hybridized carbons (Fsp3) is 0.188. The first-order chi connectivity index (χ1) is 9.66. The van der Waals surface area contributed by atoms with Gasteiger partial charge in [-0.3, -0.25) is 4.79 Å². The van der Waals surface area contributed by atoms with Crippen LogP contribution in [0.5, 0.6) is 0 Å². The number of nitrogen functional groups attached to an aromatic ring is 1. The van der Waals surface area contributed by atoms with Gasteiger partial charge in [0.05, 0.1) is 11.4 Å². The van der Waals surface area contributed by atoms with Crippen molar-refractivity contribution < 1.29 is 4.79 Å². The van der Waals surface area contributed by atoms with E-state index >= 15 is 0 Å². The molecule has 0 fully saturated rings. The van der Waals surface area contributed by atoms with Crippen LogP contribution >= 0.6 is 0 Å². The van der Waals surface area contributed by atoms with Crippen molar-refractivity contribution in [2.75, 3.05) is 17.2 Å². The Balaban J connectivity index is 2.04. The lowest BCUT2D eigenvalue weighted by Gasteiger charge is -2.32. The van der Waals surface area contributed by atoms with Crippen molar-refractivity contribution >= 4 is 23.0 Å². The number of anilines is 3. The van der Waals surface area contributed by atoms with Crippen molar-refractivity contribution in [2.24, 2.45) is 5.73 Å². The van der Waals surface area contributed by atoms with Crippen LogP contribution in [0.1, 0.15) is 22.3 Å². The van der Waals surface area contributed by atoms with Crippen LogP contribution in [0, 0.1) is 0 Å². The third-order valence-electron chi connectivity index (χ3n) is 3.71. The Morgan fingerprint density at radius 3 is 2.65 bits per heavy atom. The molecule has 102 valence electrons. The van der Waals surface area contributed by atoms with Crippen LogP contribution in [0.3, 0.4) is 0 Å². The first kappa shape index (κ1) is 12.5. The summed E-state index contributed by atoms with van der Waals surface area (Å²) in [6, 6.07) is 13.6. The Kier molecular flexibility index (Phi) is 3.06. The molecule has 4 heteroatoms. The van der Waals surface area contributed by atoms with Crippen LogP contribution in [0.2, 0.25) is 0 Å². The number of carbonyl (C=O) groups is 1. The van der Waals surface area contributed by atoms with E-state index in [1.54, 1.807) is 12.1 Å². The monoisotopic (exact) mass is 267 g/mol. The molecule has 0 unspecified atom stereocenters. The average molecular weight is 267 g/mol. The average Bonchev–Trinajstić information content (AvgIpc) is 2.46. The van der Waals surface area contributed by atoms with Crippen LogP contribution in [0.25, 0.3) is 0 Å². The molecule has 1 aliphatic rings. The second-order valence-electron chi connectivity index (χ2n) is 5.02. The zero-order chi connectivity index (χ0) is 14.1. The van der Waals surface area contributed by atoms with E-state index in [9.17, 15) is 4.79 Å². The molecule has 0 spiro atoms. The molecule has 2 aromatic rings. The van der Waals surface area contributed by atoms with Crippen molar-refractivity contribution in [1.29, 1.82) is 0 Å². The van der Waals surface area contributed by atoms with E-state index in [2.05, 4.69) is 23.1 Å². The van der Waals surface area contributed by atoms with E-state index in [1.165, 1.54) is 11.3 Å². The predicted octanol–water partition coefficient (Wildman–Crippen LogP) is 2.45. The molecule has 0 saturated carbocycles. The number of nitrogens with zero attached hydrogens (tertiary/aromatic N) is 1. The van der Waals surface area contributed by atoms with Crippen molar-refractivity contribution in [2.45, 2.75) is 12.8 Å². The van der Waals surface area contributed by atoms with E-state index in [0.717, 1.165) is 25.1 Å². The summed E-state index contributed by atoms with van der Waals surface area (Å²) in [5, 5.41) is 0. The van der Waals surface area contributed by atoms with Gasteiger partial charge in [0.25, 0.3) is 0 Å². The molecule has 0 aliphatic carbocycles. The summed E-state index contributed by atoms with van der Waals surface area (Å²) in [6.45, 7) is 0.928. The van der Waals surface area contributed by atoms with Gasteiger partial charge in [0.15, 0.2) is 0 Å². The number of para-hydroxylation sites is 1. The topological polar surface area (TPSA) is 72.4 Å². The van der Waals surface area contributed by atoms with Gasteiger partial charge >= 0.3 is 0 Å². The number of aryl methyl sites for hydroxylation is 1. The summed E-state index contributed by atoms with van der Waals surface area (Å²) >= 11 is 0. The molecule has 2 aromatic carbocycles. The lowest BCUT2D eigenvalue weighted by Crippen LogP contribution is -2.25. The van der Waals surface area contributed by atoms with Crippen LogP contribution in [0.15, 0.2) is 42.5 Å². The third-order valence-corrected chi connectivity index (χ3v) is 3.71. The minimum atomic E-state index is -0.456. The lowest BCUT2D eigenvalue weighted by atomic mass is 10.0. The Labute approximate surface area is 118 Å². The number of hydrogen-bond acceptors (Lipinski definition) is 3. The number of nitrogens with two attached hydrogens (primary N) is 2. The minimum absolute atomic E-state index is 0.441. The number of hydrogen-bond donors (Lipinski definition) is 2. The summed E-state index contributed by atoms with van der Waals surface area (Å²) in [5.41, 5.74) is 15.9. The Morgan fingerprint density at radius 2 is 1.90 bits per heavy atom. The molecule has 0 atom stereocenters. The van der Waals surface area contributed by atoms with E-state index in [4.69, 9.17) is 11.5 Å². The maximum absolute atomic E-state index is 11.2. The molecule has 0 radical (unpaired) electrons. The largest absolute Gasteiger partial charge is 0.397 e. The first-order valence-corrected chi connectivity index (χ1v) is 6.71. The van der Waals surface area contributed by atoms with Gasteiger partial charge in [-0.1, -0.05) is 18.2 Å². The summed E-state index contributed by atoms with van der Waals surface area (Å²) in [6.07, 6.45) is 2.18. The highest BCUT2D eigenvalue weighted by atomic mass is 16.1. The van der Waals surface area contributed by atoms with Crippen molar-refractivity contribution in [3.05, 3.63) is 53.6 Å². The number of carbonyl (C=O) groups excluding carboxylic acids is 1. The van der Waals surface area contributed by atoms with E-state index < -0.39 is 5.91 Å². The van der Waals surface area contributed by atoms with E-state index in [-0.39, 0.29) is 0 Å². The maximum Gasteiger partial charge on any atom is 0.248 e. The third kappa shape index (κ3) is 2.09. The van der Waals surface area contributed by atoms with Crippen LogP contribution < -0.4 is 16.4 Å². The fourth-order valence-electron chi connectivity index (χ4n) is 2.74. The van der Waals surface area contributed by atoms with Crippen LogP contribution in [-0.2, 0) is 6.42 Å². The normalized spacial score (nSPS) is 13.9. The molecule has 4 nitrogen and oxygen atoms in total. The zero-order valence-corrected chi connectivity index (χ0v) is 11.2. The molecular formula is C16H17N3O. The number of benzene rings is 2. The summed E-state index contributed by atoms with van der Waals surface area (Å²) < 4.78 is 0. The predicted molar refractivity (Wildman–Crippen MR) is 81.1 cm³/mol. The molecule has 1 heterocycles. The molecule has 20 heavy (non-hydrogen) atoms. The smallest absolute Gasteiger partial charge is 0.248 e. The van der Waals surface area contributed by atoms with Gasteiger partial charge in [-0.15, -0.1) is 0 Å². The number of primary amides is 1. The van der Waals surface area contributed by atoms with Crippen LogP contribution in [0.4, 0.5) is 17.1 Å². The number of fused-ring (bicyclic) bond motifs is 1. The van der Waals surface area contributed by atoms with Gasteiger partial charge in [-0.25, -0.2) is 0 Å². The van der Waals surface area contributed by atoms with Gasteiger partial charge in [-0.05, 0) is 42.7 Å². The molecule has 4 N–H and O–H groups in total. The Morgan fingerprint density at radius 1 is 1.10 bits per heavy atom. The summed E-state index contributed by atoms with van der Waals surface area (Å²) in [4.78, 5) is 13.4. The summed E-state index contributed by atoms with van der Waals surface area (Å²) in [5.74, 6) is -0.456. The van der Waals surface area contributed by atoms with Gasteiger partial charge in [0, 0.05) is 17.8 Å². The molecule has 3 rings (SSSR count). The molecule has 1 amide bonds. The maximum atomic E-state index is 11.2. The van der Waals surface area contributed by atoms with E-state index in [1.807, 2.05) is 12.1 Å². The fourth-order valence-corrected chi connectivity index (χ4v) is 2.74. The highest BCUT2D eigenvalue weighted by molar-refractivity contribution is 5.95. The summed E-state index contributed by atoms with van der Waals surface area (Å²) in [7, 11) is 0. The van der Waals surface area contributed by atoms with Crippen molar-refractivity contribution in [3.63, 3.8) is 0 Å². The molecular weight excluding hydrogens is 250 g/mol. The quantitative estimate of drug-likeness (QED) is 0.821. The minimum Gasteiger partial charge on any atom is -0.397 e. The second-order valence-corrected chi connectivity index (χ2v) is 5.02. The zero-order valence-electron chi connectivity index (χ0n) is 11.2. The standard InChI is InChI=1S/C16H17N3O/c17-13-10-12(16(18)20)7-8-15(13)19-9-3-5-11-4-1-2-6-14(11)19/h1-2,4,6-8,10H,3,5,9,17H2,(H2,18,20). The van der Waals surface area contributed by atoms with Gasteiger partial charge in [0.1, 0.15) is 0 Å². The van der Waals surface area contributed by atoms with Gasteiger partial charge < -0.3 is 16.4 Å². The number of rotatable bonds is 2. The Bertz CT molecular complexity index is 667. The van der Waals surface area contributed by atoms with Crippen molar-refractivity contribution in [3.8, 4) is 0 Å². The Hall–Kier alpha value is -2.49. The van der Waals surface area contributed by atoms with Gasteiger partial charge in [0.2, 0.25) is 5.91 Å². The van der Waals surface area contributed by atoms with Crippen molar-refractivity contribution in [1.82, 2.24) is 0 Å². The lowest BCUT2D eigenvalue weighted by molar-refractivity contribution is 0.100. The van der Waals surface area contributed by atoms with E-state index in [0.29, 0.717) is 11.3 Å².